The lowest BCUT2D eigenvalue weighted by atomic mass is 9.93. The monoisotopic (exact) mass is 272 g/mol. The van der Waals surface area contributed by atoms with Crippen molar-refractivity contribution in [3.05, 3.63) is 66.7 Å². The lowest BCUT2D eigenvalue weighted by Gasteiger charge is -2.02. The van der Waals surface area contributed by atoms with Crippen LogP contribution in [0.1, 0.15) is 0 Å². The maximum Gasteiger partial charge on any atom is 0.139 e. The van der Waals surface area contributed by atoms with Crippen LogP contribution in [0, 0.1) is 0 Å². The molecule has 0 bridgehead atoms. The first-order valence-electron chi connectivity index (χ1n) is 6.79. The Labute approximate surface area is 123 Å². The molecule has 20 heavy (non-hydrogen) atoms. The molecule has 0 spiro atoms. The van der Waals surface area contributed by atoms with E-state index in [9.17, 15) is 0 Å². The minimum Gasteiger partial charge on any atom is -0.135 e. The Kier molecular flexibility index (Phi) is 2.64. The number of rotatable bonds is 1. The number of thiophene rings is 1. The Hall–Kier alpha value is -2.06. The van der Waals surface area contributed by atoms with Crippen LogP contribution in [0.15, 0.2) is 66.7 Å². The summed E-state index contributed by atoms with van der Waals surface area (Å²) in [6.07, 6.45) is 0. The first kappa shape index (κ1) is 11.7. The molecule has 1 aromatic heterocycles. The molecular weight excluding hydrogens is 259 g/mol. The summed E-state index contributed by atoms with van der Waals surface area (Å²) >= 11 is 1.86. The number of benzene rings is 3. The van der Waals surface area contributed by atoms with Crippen LogP contribution in [0.5, 0.6) is 0 Å². The SMILES string of the molecule is Bc1ccc2cc(-c3cc4ccccc4s3)ccc2c1. The van der Waals surface area contributed by atoms with Gasteiger partial charge in [-0.1, -0.05) is 54.0 Å². The van der Waals surface area contributed by atoms with E-state index in [1.165, 1.54) is 36.8 Å². The molecule has 4 aromatic rings. The van der Waals surface area contributed by atoms with Crippen LogP contribution in [0.4, 0.5) is 0 Å². The van der Waals surface area contributed by atoms with Crippen molar-refractivity contribution in [2.75, 3.05) is 0 Å². The van der Waals surface area contributed by atoms with Crippen LogP contribution >= 0.6 is 11.3 Å². The van der Waals surface area contributed by atoms with E-state index >= 15 is 0 Å². The summed E-state index contributed by atoms with van der Waals surface area (Å²) in [5, 5.41) is 3.96. The predicted octanol–water partition coefficient (Wildman–Crippen LogP) is 3.98. The highest BCUT2D eigenvalue weighted by atomic mass is 32.1. The third kappa shape index (κ3) is 1.93. The zero-order valence-electron chi connectivity index (χ0n) is 11.3. The van der Waals surface area contributed by atoms with Crippen molar-refractivity contribution in [1.29, 1.82) is 0 Å². The zero-order chi connectivity index (χ0) is 13.5. The van der Waals surface area contributed by atoms with Crippen LogP contribution in [0.3, 0.4) is 0 Å². The molecule has 0 fully saturated rings. The maximum absolute atomic E-state index is 2.29. The third-order valence-corrected chi connectivity index (χ3v) is 4.87. The largest absolute Gasteiger partial charge is 0.139 e. The molecule has 0 amide bonds. The van der Waals surface area contributed by atoms with E-state index in [1.54, 1.807) is 0 Å². The van der Waals surface area contributed by atoms with Crippen molar-refractivity contribution in [3.8, 4) is 10.4 Å². The molecule has 0 atom stereocenters. The van der Waals surface area contributed by atoms with Gasteiger partial charge in [-0.25, -0.2) is 0 Å². The molecule has 0 aliphatic heterocycles. The Morgan fingerprint density at radius 3 is 2.40 bits per heavy atom. The summed E-state index contributed by atoms with van der Waals surface area (Å²) in [4.78, 5) is 1.34. The number of hydrogen-bond acceptors (Lipinski definition) is 1. The van der Waals surface area contributed by atoms with Crippen molar-refractivity contribution < 1.29 is 0 Å². The molecule has 3 aromatic carbocycles. The molecule has 0 saturated carbocycles. The topological polar surface area (TPSA) is 0 Å². The van der Waals surface area contributed by atoms with Gasteiger partial charge in [-0.15, -0.1) is 11.3 Å². The summed E-state index contributed by atoms with van der Waals surface area (Å²) in [5.74, 6) is 0. The zero-order valence-corrected chi connectivity index (χ0v) is 12.1. The molecule has 1 heterocycles. The molecule has 0 aliphatic rings. The van der Waals surface area contributed by atoms with E-state index in [4.69, 9.17) is 0 Å². The Balaban J connectivity index is 1.90. The molecule has 0 aliphatic carbocycles. The van der Waals surface area contributed by atoms with Crippen LogP contribution in [0.25, 0.3) is 31.3 Å². The quantitative estimate of drug-likeness (QED) is 0.460. The van der Waals surface area contributed by atoms with Gasteiger partial charge in [0.05, 0.1) is 0 Å². The molecule has 2 heteroatoms. The molecule has 0 N–H and O–H groups in total. The van der Waals surface area contributed by atoms with Gasteiger partial charge >= 0.3 is 0 Å². The average molecular weight is 272 g/mol. The molecule has 0 unspecified atom stereocenters. The Morgan fingerprint density at radius 1 is 0.700 bits per heavy atom. The summed E-state index contributed by atoms with van der Waals surface area (Å²) in [6, 6.07) is 24.2. The van der Waals surface area contributed by atoms with Gasteiger partial charge in [-0.05, 0) is 39.9 Å². The van der Waals surface area contributed by atoms with Crippen LogP contribution < -0.4 is 5.46 Å². The fraction of sp³-hybridized carbons (Fsp3) is 0. The van der Waals surface area contributed by atoms with Gasteiger partial charge in [0.1, 0.15) is 7.85 Å². The van der Waals surface area contributed by atoms with Crippen LogP contribution in [-0.4, -0.2) is 7.85 Å². The predicted molar refractivity (Wildman–Crippen MR) is 92.9 cm³/mol. The van der Waals surface area contributed by atoms with Gasteiger partial charge in [0.15, 0.2) is 0 Å². The average Bonchev–Trinajstić information content (AvgIpc) is 2.90. The van der Waals surface area contributed by atoms with Gasteiger partial charge in [-0.3, -0.25) is 0 Å². The van der Waals surface area contributed by atoms with Gasteiger partial charge in [0, 0.05) is 9.58 Å². The second-order valence-corrected chi connectivity index (χ2v) is 6.30. The van der Waals surface area contributed by atoms with Crippen molar-refractivity contribution in [2.45, 2.75) is 0 Å². The van der Waals surface area contributed by atoms with Gasteiger partial charge in [0.2, 0.25) is 0 Å². The van der Waals surface area contributed by atoms with Crippen LogP contribution in [0.2, 0.25) is 0 Å². The van der Waals surface area contributed by atoms with Gasteiger partial charge < -0.3 is 0 Å². The minimum atomic E-state index is 1.31. The second-order valence-electron chi connectivity index (χ2n) is 5.21. The van der Waals surface area contributed by atoms with Gasteiger partial charge in [0.25, 0.3) is 0 Å². The molecular formula is C18H13BS. The first-order chi connectivity index (χ1) is 9.79. The molecule has 0 nitrogen and oxygen atoms in total. The van der Waals surface area contributed by atoms with Crippen molar-refractivity contribution in [2.24, 2.45) is 0 Å². The summed E-state index contributed by atoms with van der Waals surface area (Å²) < 4.78 is 1.35. The smallest absolute Gasteiger partial charge is 0.135 e. The summed E-state index contributed by atoms with van der Waals surface area (Å²) in [6.45, 7) is 0. The van der Waals surface area contributed by atoms with Gasteiger partial charge in [-0.2, -0.15) is 0 Å². The molecule has 0 radical (unpaired) electrons. The molecule has 94 valence electrons. The maximum atomic E-state index is 2.29. The van der Waals surface area contributed by atoms with E-state index in [2.05, 4.69) is 74.6 Å². The fourth-order valence-electron chi connectivity index (χ4n) is 2.64. The van der Waals surface area contributed by atoms with E-state index in [0.29, 0.717) is 0 Å². The number of fused-ring (bicyclic) bond motifs is 2. The Bertz CT molecular complexity index is 888. The number of hydrogen-bond donors (Lipinski definition) is 0. The standard InChI is InChI=1S/C18H13BS/c19-16-8-7-12-9-15(6-5-13(12)10-16)18-11-14-3-1-2-4-17(14)20-18/h1-11H,19H2. The van der Waals surface area contributed by atoms with Crippen molar-refractivity contribution in [3.63, 3.8) is 0 Å². The summed E-state index contributed by atoms with van der Waals surface area (Å²) in [7, 11) is 2.14. The van der Waals surface area contributed by atoms with Crippen LogP contribution in [-0.2, 0) is 0 Å². The molecule has 4 rings (SSSR count). The lowest BCUT2D eigenvalue weighted by Crippen LogP contribution is -1.99. The highest BCUT2D eigenvalue weighted by Crippen LogP contribution is 2.34. The minimum absolute atomic E-state index is 1.31. The normalized spacial score (nSPS) is 11.2. The van der Waals surface area contributed by atoms with E-state index < -0.39 is 0 Å². The van der Waals surface area contributed by atoms with E-state index in [0.717, 1.165) is 0 Å². The van der Waals surface area contributed by atoms with E-state index in [1.807, 2.05) is 11.3 Å². The third-order valence-electron chi connectivity index (χ3n) is 3.71. The van der Waals surface area contributed by atoms with Crippen molar-refractivity contribution >= 4 is 45.5 Å². The van der Waals surface area contributed by atoms with Crippen molar-refractivity contribution in [1.82, 2.24) is 0 Å². The second kappa shape index (κ2) is 4.50. The summed E-state index contributed by atoms with van der Waals surface area (Å²) in [5.41, 5.74) is 2.62. The highest BCUT2D eigenvalue weighted by Gasteiger charge is 2.04. The van der Waals surface area contributed by atoms with E-state index in [-0.39, 0.29) is 0 Å². The molecule has 0 saturated heterocycles. The fourth-order valence-corrected chi connectivity index (χ4v) is 3.70. The Morgan fingerprint density at radius 2 is 1.50 bits per heavy atom. The first-order valence-corrected chi connectivity index (χ1v) is 7.61. The highest BCUT2D eigenvalue weighted by molar-refractivity contribution is 7.22. The lowest BCUT2D eigenvalue weighted by molar-refractivity contribution is 1.76.